The summed E-state index contributed by atoms with van der Waals surface area (Å²) in [5.41, 5.74) is 0. The van der Waals surface area contributed by atoms with Crippen molar-refractivity contribution in [2.45, 2.75) is 314 Å². The molecule has 8 nitrogen and oxygen atoms in total. The minimum absolute atomic E-state index is 0.236. The van der Waals surface area contributed by atoms with Crippen molar-refractivity contribution >= 4 is 11.7 Å². The lowest BCUT2D eigenvalue weighted by Crippen LogP contribution is -2.64. The zero-order chi connectivity index (χ0) is 46.0. The summed E-state index contributed by atoms with van der Waals surface area (Å²) in [5, 5.41) is 43.5. The van der Waals surface area contributed by atoms with E-state index in [9.17, 15) is 30.0 Å². The number of hydrogen-bond donors (Lipinski definition) is 4. The minimum Gasteiger partial charge on any atom is -0.387 e. The van der Waals surface area contributed by atoms with Crippen LogP contribution in [0.1, 0.15) is 278 Å². The van der Waals surface area contributed by atoms with Gasteiger partial charge in [0, 0.05) is 13.1 Å². The van der Waals surface area contributed by atoms with E-state index in [-0.39, 0.29) is 6.42 Å². The first-order valence-electron chi connectivity index (χ1n) is 27.6. The normalized spacial score (nSPS) is 19.6. The van der Waals surface area contributed by atoms with E-state index >= 15 is 0 Å². The van der Waals surface area contributed by atoms with Crippen LogP contribution in [0.15, 0.2) is 12.2 Å². The number of ketones is 1. The third-order valence-electron chi connectivity index (χ3n) is 13.6. The van der Waals surface area contributed by atoms with Gasteiger partial charge in [-0.25, -0.2) is 0 Å². The van der Waals surface area contributed by atoms with Crippen LogP contribution in [0.3, 0.4) is 0 Å². The molecule has 1 aliphatic rings. The maximum atomic E-state index is 14.1. The molecule has 6 atom stereocenters. The molecule has 0 aromatic heterocycles. The summed E-state index contributed by atoms with van der Waals surface area (Å²) < 4.78 is 5.90. The van der Waals surface area contributed by atoms with E-state index in [2.05, 4.69) is 32.9 Å². The summed E-state index contributed by atoms with van der Waals surface area (Å²) >= 11 is 0. The van der Waals surface area contributed by atoms with Crippen LogP contribution < -0.4 is 0 Å². The van der Waals surface area contributed by atoms with Crippen LogP contribution in [0.4, 0.5) is 0 Å². The van der Waals surface area contributed by atoms with Crippen LogP contribution in [0.25, 0.3) is 0 Å². The lowest BCUT2D eigenvalue weighted by Gasteiger charge is -2.41. The molecule has 1 saturated heterocycles. The molecule has 1 fully saturated rings. The Labute approximate surface area is 389 Å². The topological polar surface area (TPSA) is 128 Å². The highest BCUT2D eigenvalue weighted by molar-refractivity contribution is 5.89. The van der Waals surface area contributed by atoms with Gasteiger partial charge in [-0.3, -0.25) is 9.59 Å². The van der Waals surface area contributed by atoms with Gasteiger partial charge in [0.05, 0.1) is 0 Å². The predicted octanol–water partition coefficient (Wildman–Crippen LogP) is 13.8. The Hall–Kier alpha value is -1.32. The maximum absolute atomic E-state index is 14.1. The van der Waals surface area contributed by atoms with E-state index in [1.54, 1.807) is 4.90 Å². The van der Waals surface area contributed by atoms with Crippen molar-refractivity contribution in [3.63, 3.8) is 0 Å². The second-order valence-corrected chi connectivity index (χ2v) is 19.6. The van der Waals surface area contributed by atoms with Gasteiger partial charge in [0.25, 0.3) is 5.91 Å². The molecule has 4 N–H and O–H groups in total. The highest BCUT2D eigenvalue weighted by Crippen LogP contribution is 2.26. The number of rotatable bonds is 46. The standard InChI is InChI=1S/C55H105NO7/c1-4-7-10-13-16-19-21-23-25-27-29-31-34-37-40-43-46-56(47-44-41-38-35-32-30-28-26-24-22-20-17-14-11-8-5-2)55(62)54-52(61)50(59)51(60)53(63-54)49(58)48(57)45-42-39-36-33-18-15-12-9-6-3/h23,25,48,50-54,57,59-61H,4-22,24,26-47H2,1-3H3/t48?,50-,51-,52+,53+,54+/m0/s1. The van der Waals surface area contributed by atoms with E-state index in [1.807, 2.05) is 0 Å². The Morgan fingerprint density at radius 1 is 0.429 bits per heavy atom. The van der Waals surface area contributed by atoms with Crippen LogP contribution in [0.2, 0.25) is 0 Å². The van der Waals surface area contributed by atoms with Crippen molar-refractivity contribution in [1.29, 1.82) is 0 Å². The minimum atomic E-state index is -1.73. The number of allylic oxidation sites excluding steroid dienone is 2. The van der Waals surface area contributed by atoms with Crippen LogP contribution in [0.5, 0.6) is 0 Å². The number of ether oxygens (including phenoxy) is 1. The molecule has 0 spiro atoms. The first-order valence-corrected chi connectivity index (χ1v) is 27.6. The predicted molar refractivity (Wildman–Crippen MR) is 265 cm³/mol. The molecule has 0 radical (unpaired) electrons. The van der Waals surface area contributed by atoms with Crippen molar-refractivity contribution in [3.8, 4) is 0 Å². The molecule has 1 rings (SSSR count). The van der Waals surface area contributed by atoms with Crippen molar-refractivity contribution < 1.29 is 34.8 Å². The zero-order valence-corrected chi connectivity index (χ0v) is 41.8. The van der Waals surface area contributed by atoms with Gasteiger partial charge >= 0.3 is 0 Å². The number of aliphatic hydroxyl groups is 4. The second-order valence-electron chi connectivity index (χ2n) is 19.6. The Balaban J connectivity index is 2.60. The zero-order valence-electron chi connectivity index (χ0n) is 41.8. The van der Waals surface area contributed by atoms with E-state index in [0.29, 0.717) is 19.5 Å². The average molecular weight is 892 g/mol. The maximum Gasteiger partial charge on any atom is 0.254 e. The molecule has 0 bridgehead atoms. The van der Waals surface area contributed by atoms with Gasteiger partial charge in [0.1, 0.15) is 30.5 Å². The number of carbonyl (C=O) groups is 2. The molecular weight excluding hydrogens is 787 g/mol. The third-order valence-corrected chi connectivity index (χ3v) is 13.6. The smallest absolute Gasteiger partial charge is 0.254 e. The first-order chi connectivity index (χ1) is 30.8. The number of nitrogens with zero attached hydrogens (tertiary/aromatic N) is 1. The highest BCUT2D eigenvalue weighted by Gasteiger charge is 2.50. The molecule has 1 aliphatic heterocycles. The van der Waals surface area contributed by atoms with Crippen LogP contribution >= 0.6 is 0 Å². The molecular formula is C55H105NO7. The number of aliphatic hydroxyl groups excluding tert-OH is 4. The molecule has 372 valence electrons. The number of unbranched alkanes of at least 4 members (excludes halogenated alkanes) is 35. The van der Waals surface area contributed by atoms with Gasteiger partial charge in [-0.1, -0.05) is 245 Å². The summed E-state index contributed by atoms with van der Waals surface area (Å²) in [6, 6.07) is 0. The van der Waals surface area contributed by atoms with Gasteiger partial charge in [0.2, 0.25) is 0 Å². The molecule has 0 aromatic carbocycles. The molecule has 0 aromatic rings. The van der Waals surface area contributed by atoms with Gasteiger partial charge in [-0.15, -0.1) is 0 Å². The molecule has 1 unspecified atom stereocenters. The molecule has 1 amide bonds. The lowest BCUT2D eigenvalue weighted by molar-refractivity contribution is -0.224. The largest absolute Gasteiger partial charge is 0.387 e. The highest BCUT2D eigenvalue weighted by atomic mass is 16.5. The van der Waals surface area contributed by atoms with Crippen LogP contribution in [0, 0.1) is 0 Å². The summed E-state index contributed by atoms with van der Waals surface area (Å²) in [7, 11) is 0. The molecule has 0 saturated carbocycles. The lowest BCUT2D eigenvalue weighted by atomic mass is 9.89. The number of amides is 1. The second kappa shape index (κ2) is 43.3. The van der Waals surface area contributed by atoms with Crippen molar-refractivity contribution in [3.05, 3.63) is 12.2 Å². The third kappa shape index (κ3) is 31.3. The monoisotopic (exact) mass is 892 g/mol. The first kappa shape index (κ1) is 59.7. The van der Waals surface area contributed by atoms with Crippen molar-refractivity contribution in [2.24, 2.45) is 0 Å². The SMILES string of the molecule is CCCCCCCCC=CCCCCCCCCN(CCCCCCCCCCCCCCCCCC)C(=O)[C@@H]1O[C@H](C(=O)C(O)CCCCCCCCCCC)[C@@H](O)[C@H](O)[C@H]1O. The number of carbonyl (C=O) groups excluding carboxylic acids is 2. The van der Waals surface area contributed by atoms with E-state index in [1.165, 1.54) is 173 Å². The summed E-state index contributed by atoms with van der Waals surface area (Å²) in [6.45, 7) is 7.78. The van der Waals surface area contributed by atoms with Gasteiger partial charge in [-0.05, 0) is 44.9 Å². The van der Waals surface area contributed by atoms with Gasteiger partial charge in [-0.2, -0.15) is 0 Å². The average Bonchev–Trinajstić information content (AvgIpc) is 3.28. The molecule has 1 heterocycles. The number of hydrogen-bond acceptors (Lipinski definition) is 7. The summed E-state index contributed by atoms with van der Waals surface area (Å²) in [5.74, 6) is -1.18. The van der Waals surface area contributed by atoms with Crippen LogP contribution in [-0.4, -0.2) is 86.7 Å². The molecule has 8 heteroatoms. The Morgan fingerprint density at radius 3 is 1.10 bits per heavy atom. The fraction of sp³-hybridized carbons (Fsp3) is 0.927. The van der Waals surface area contributed by atoms with Crippen molar-refractivity contribution in [2.75, 3.05) is 13.1 Å². The Kier molecular flexibility index (Phi) is 41.0. The van der Waals surface area contributed by atoms with E-state index in [4.69, 9.17) is 4.74 Å². The van der Waals surface area contributed by atoms with Crippen LogP contribution in [-0.2, 0) is 14.3 Å². The fourth-order valence-corrected chi connectivity index (χ4v) is 9.21. The van der Waals surface area contributed by atoms with Gasteiger partial charge in [0.15, 0.2) is 11.9 Å². The fourth-order valence-electron chi connectivity index (χ4n) is 9.21. The van der Waals surface area contributed by atoms with Crippen molar-refractivity contribution in [1.82, 2.24) is 4.90 Å². The van der Waals surface area contributed by atoms with Gasteiger partial charge < -0.3 is 30.1 Å². The summed E-state index contributed by atoms with van der Waals surface area (Å²) in [6.07, 6.45) is 42.6. The Morgan fingerprint density at radius 2 is 0.730 bits per heavy atom. The quantitative estimate of drug-likeness (QED) is 0.0354. The molecule has 0 aliphatic carbocycles. The Bertz CT molecular complexity index is 1050. The number of Topliss-reactive ketones (excluding diaryl/α,β-unsaturated/α-hetero) is 1. The van der Waals surface area contributed by atoms with E-state index in [0.717, 1.165) is 70.6 Å². The summed E-state index contributed by atoms with van der Waals surface area (Å²) in [4.78, 5) is 29.2. The molecule has 63 heavy (non-hydrogen) atoms. The van der Waals surface area contributed by atoms with E-state index < -0.39 is 48.3 Å².